The number of nitrogens with zero attached hydrogens (tertiary/aromatic N) is 2. The summed E-state index contributed by atoms with van der Waals surface area (Å²) in [5.41, 5.74) is 0.625. The van der Waals surface area contributed by atoms with Gasteiger partial charge in [0.2, 0.25) is 0 Å². The summed E-state index contributed by atoms with van der Waals surface area (Å²) in [5.74, 6) is 0.693. The Hall–Kier alpha value is -1.33. The molecule has 0 spiro atoms. The summed E-state index contributed by atoms with van der Waals surface area (Å²) in [6.45, 7) is 5.38. The number of hydrogen-bond acceptors (Lipinski definition) is 2. The van der Waals surface area contributed by atoms with Crippen LogP contribution in [0, 0.1) is 5.82 Å². The number of guanidine groups is 1. The minimum absolute atomic E-state index is 0.121. The van der Waals surface area contributed by atoms with Crippen LogP contribution in [-0.2, 0) is 0 Å². The average molecular weight is 353 g/mol. The number of aliphatic imine (C=N–C) groups is 1. The van der Waals surface area contributed by atoms with Gasteiger partial charge in [0.1, 0.15) is 5.82 Å². The zero-order valence-corrected chi connectivity index (χ0v) is 15.1. The molecule has 132 valence electrons. The monoisotopic (exact) mass is 352 g/mol. The minimum atomic E-state index is -0.218. The quantitative estimate of drug-likeness (QED) is 0.632. The second-order valence-corrected chi connectivity index (χ2v) is 7.01. The first-order valence-corrected chi connectivity index (χ1v) is 9.17. The minimum Gasteiger partial charge on any atom is -0.355 e. The molecule has 1 aliphatic carbocycles. The van der Waals surface area contributed by atoms with Gasteiger partial charge in [0.15, 0.2) is 5.96 Å². The van der Waals surface area contributed by atoms with E-state index in [4.69, 9.17) is 11.6 Å². The molecule has 1 aromatic rings. The molecule has 1 saturated carbocycles. The molecule has 2 fully saturated rings. The third-order valence-electron chi connectivity index (χ3n) is 5.12. The maximum atomic E-state index is 14.0. The van der Waals surface area contributed by atoms with E-state index in [1.54, 1.807) is 19.2 Å². The van der Waals surface area contributed by atoms with E-state index in [0.717, 1.165) is 25.5 Å². The molecule has 2 N–H and O–H groups in total. The lowest BCUT2D eigenvalue weighted by Gasteiger charge is -2.24. The molecule has 0 radical (unpaired) electrons. The van der Waals surface area contributed by atoms with Crippen molar-refractivity contribution in [3.05, 3.63) is 34.6 Å². The third kappa shape index (κ3) is 3.83. The molecule has 0 amide bonds. The summed E-state index contributed by atoms with van der Waals surface area (Å²) in [6, 6.07) is 5.64. The second kappa shape index (κ2) is 7.70. The summed E-state index contributed by atoms with van der Waals surface area (Å²) in [4.78, 5) is 6.80. The Morgan fingerprint density at radius 3 is 3.00 bits per heavy atom. The van der Waals surface area contributed by atoms with Gasteiger partial charge in [0, 0.05) is 42.2 Å². The predicted octanol–water partition coefficient (Wildman–Crippen LogP) is 2.98. The molecule has 0 bridgehead atoms. The van der Waals surface area contributed by atoms with E-state index < -0.39 is 0 Å². The first kappa shape index (κ1) is 17.5. The number of benzene rings is 1. The zero-order chi connectivity index (χ0) is 17.1. The van der Waals surface area contributed by atoms with Gasteiger partial charge in [-0.25, -0.2) is 4.39 Å². The molecule has 3 atom stereocenters. The SMILES string of the molecule is CCN1CCCC1CNC(=NC)NC1CC1c1c(F)cccc1Cl. The van der Waals surface area contributed by atoms with E-state index in [-0.39, 0.29) is 17.8 Å². The summed E-state index contributed by atoms with van der Waals surface area (Å²) < 4.78 is 14.0. The van der Waals surface area contributed by atoms with E-state index in [0.29, 0.717) is 16.6 Å². The van der Waals surface area contributed by atoms with E-state index in [1.165, 1.54) is 25.5 Å². The summed E-state index contributed by atoms with van der Waals surface area (Å²) in [5, 5.41) is 7.33. The summed E-state index contributed by atoms with van der Waals surface area (Å²) in [6.07, 6.45) is 3.38. The number of rotatable bonds is 5. The molecule has 0 aromatic heterocycles. The Kier molecular flexibility index (Phi) is 5.61. The molecule has 2 aliphatic rings. The van der Waals surface area contributed by atoms with Crippen LogP contribution in [0.4, 0.5) is 4.39 Å². The van der Waals surface area contributed by atoms with Crippen LogP contribution in [0.15, 0.2) is 23.2 Å². The van der Waals surface area contributed by atoms with Gasteiger partial charge in [0.25, 0.3) is 0 Å². The van der Waals surface area contributed by atoms with E-state index >= 15 is 0 Å². The van der Waals surface area contributed by atoms with Crippen LogP contribution < -0.4 is 10.6 Å². The Morgan fingerprint density at radius 1 is 1.46 bits per heavy atom. The number of nitrogens with one attached hydrogen (secondary N) is 2. The van der Waals surface area contributed by atoms with Gasteiger partial charge in [-0.05, 0) is 44.5 Å². The zero-order valence-electron chi connectivity index (χ0n) is 14.4. The van der Waals surface area contributed by atoms with E-state index in [2.05, 4.69) is 27.4 Å². The summed E-state index contributed by atoms with van der Waals surface area (Å²) >= 11 is 6.16. The smallest absolute Gasteiger partial charge is 0.191 e. The molecule has 1 aliphatic heterocycles. The fraction of sp³-hybridized carbons (Fsp3) is 0.611. The van der Waals surface area contributed by atoms with Crippen molar-refractivity contribution in [2.24, 2.45) is 4.99 Å². The van der Waals surface area contributed by atoms with Crippen molar-refractivity contribution in [3.63, 3.8) is 0 Å². The van der Waals surface area contributed by atoms with Crippen LogP contribution in [0.2, 0.25) is 5.02 Å². The largest absolute Gasteiger partial charge is 0.355 e. The van der Waals surface area contributed by atoms with Gasteiger partial charge in [-0.2, -0.15) is 0 Å². The maximum absolute atomic E-state index is 14.0. The number of hydrogen-bond donors (Lipinski definition) is 2. The lowest BCUT2D eigenvalue weighted by Crippen LogP contribution is -2.45. The van der Waals surface area contributed by atoms with Crippen LogP contribution in [0.5, 0.6) is 0 Å². The van der Waals surface area contributed by atoms with Gasteiger partial charge in [0.05, 0.1) is 0 Å². The van der Waals surface area contributed by atoms with E-state index in [9.17, 15) is 4.39 Å². The number of halogens is 2. The molecule has 6 heteroatoms. The maximum Gasteiger partial charge on any atom is 0.191 e. The normalized spacial score (nSPS) is 27.3. The highest BCUT2D eigenvalue weighted by Crippen LogP contribution is 2.44. The highest BCUT2D eigenvalue weighted by molar-refractivity contribution is 6.31. The van der Waals surface area contributed by atoms with Crippen molar-refractivity contribution in [1.82, 2.24) is 15.5 Å². The standard InChI is InChI=1S/C18H26ClFN4/c1-3-24-9-5-6-12(24)11-22-18(21-2)23-16-10-13(16)17-14(19)7-4-8-15(17)20/h4,7-8,12-13,16H,3,5-6,9-11H2,1-2H3,(H2,21,22,23). The van der Waals surface area contributed by atoms with Gasteiger partial charge in [-0.15, -0.1) is 0 Å². The van der Waals surface area contributed by atoms with Crippen molar-refractivity contribution < 1.29 is 4.39 Å². The van der Waals surface area contributed by atoms with Crippen molar-refractivity contribution in [1.29, 1.82) is 0 Å². The average Bonchev–Trinajstić information content (AvgIpc) is 3.16. The number of likely N-dealkylation sites (tertiary alicyclic amines) is 1. The first-order chi connectivity index (χ1) is 11.6. The van der Waals surface area contributed by atoms with E-state index in [1.807, 2.05) is 0 Å². The molecule has 3 unspecified atom stereocenters. The van der Waals surface area contributed by atoms with Crippen molar-refractivity contribution >= 4 is 17.6 Å². The Balaban J connectivity index is 1.52. The Bertz CT molecular complexity index is 586. The molecular weight excluding hydrogens is 327 g/mol. The highest BCUT2D eigenvalue weighted by Gasteiger charge is 2.42. The van der Waals surface area contributed by atoms with Crippen LogP contribution in [0.25, 0.3) is 0 Å². The van der Waals surface area contributed by atoms with Gasteiger partial charge in [-0.1, -0.05) is 24.6 Å². The van der Waals surface area contributed by atoms with Gasteiger partial charge < -0.3 is 10.6 Å². The third-order valence-corrected chi connectivity index (χ3v) is 5.45. The number of likely N-dealkylation sites (N-methyl/N-ethyl adjacent to an activating group) is 1. The topological polar surface area (TPSA) is 39.7 Å². The molecule has 1 saturated heterocycles. The second-order valence-electron chi connectivity index (χ2n) is 6.61. The molecule has 3 rings (SSSR count). The fourth-order valence-electron chi connectivity index (χ4n) is 3.67. The van der Waals surface area contributed by atoms with Crippen LogP contribution in [-0.4, -0.2) is 49.6 Å². The van der Waals surface area contributed by atoms with Gasteiger partial charge >= 0.3 is 0 Å². The molecular formula is C18H26ClFN4. The van der Waals surface area contributed by atoms with Crippen LogP contribution >= 0.6 is 11.6 Å². The first-order valence-electron chi connectivity index (χ1n) is 8.79. The highest BCUT2D eigenvalue weighted by atomic mass is 35.5. The van der Waals surface area contributed by atoms with Crippen molar-refractivity contribution in [3.8, 4) is 0 Å². The molecule has 1 aromatic carbocycles. The van der Waals surface area contributed by atoms with Gasteiger partial charge in [-0.3, -0.25) is 9.89 Å². The summed E-state index contributed by atoms with van der Waals surface area (Å²) in [7, 11) is 1.77. The fourth-order valence-corrected chi connectivity index (χ4v) is 3.97. The van der Waals surface area contributed by atoms with Crippen LogP contribution in [0.3, 0.4) is 0 Å². The lowest BCUT2D eigenvalue weighted by atomic mass is 10.1. The van der Waals surface area contributed by atoms with Crippen molar-refractivity contribution in [2.45, 2.75) is 44.2 Å². The molecule has 1 heterocycles. The van der Waals surface area contributed by atoms with Crippen molar-refractivity contribution in [2.75, 3.05) is 26.7 Å². The predicted molar refractivity (Wildman–Crippen MR) is 97.3 cm³/mol. The molecule has 24 heavy (non-hydrogen) atoms. The Labute approximate surface area is 148 Å². The Morgan fingerprint density at radius 2 is 2.29 bits per heavy atom. The molecule has 4 nitrogen and oxygen atoms in total. The van der Waals surface area contributed by atoms with Crippen LogP contribution in [0.1, 0.15) is 37.7 Å². The lowest BCUT2D eigenvalue weighted by molar-refractivity contribution is 0.267.